The van der Waals surface area contributed by atoms with Crippen molar-refractivity contribution in [2.75, 3.05) is 0 Å². The van der Waals surface area contributed by atoms with Gasteiger partial charge in [0.15, 0.2) is 0 Å². The molecule has 0 aliphatic heterocycles. The molecule has 0 amide bonds. The normalized spacial score (nSPS) is 23.5. The van der Waals surface area contributed by atoms with Crippen LogP contribution in [-0.4, -0.2) is 0 Å². The largest absolute Gasteiger partial charge is 0.0766 e. The van der Waals surface area contributed by atoms with E-state index in [0.29, 0.717) is 0 Å². The Kier molecular flexibility index (Phi) is 0.935. The molecule has 0 heteroatoms. The van der Waals surface area contributed by atoms with Gasteiger partial charge in [-0.3, -0.25) is 0 Å². The van der Waals surface area contributed by atoms with E-state index in [9.17, 15) is 0 Å². The summed E-state index contributed by atoms with van der Waals surface area (Å²) in [7, 11) is 0. The minimum absolute atomic E-state index is 0.133. The zero-order chi connectivity index (χ0) is 7.84. The zero-order valence-electron chi connectivity index (χ0n) is 6.96. The summed E-state index contributed by atoms with van der Waals surface area (Å²) in [5.41, 5.74) is 3.62. The van der Waals surface area contributed by atoms with Gasteiger partial charge in [0.25, 0.3) is 0 Å². The van der Waals surface area contributed by atoms with Gasteiger partial charge in [0.1, 0.15) is 0 Å². The van der Waals surface area contributed by atoms with E-state index in [2.05, 4.69) is 13.0 Å². The number of hydrogen-bond acceptors (Lipinski definition) is 0. The fourth-order valence-corrected chi connectivity index (χ4v) is 1.31. The predicted molar refractivity (Wildman–Crippen MR) is 43.8 cm³/mol. The van der Waals surface area contributed by atoms with E-state index in [0.717, 1.165) is 5.56 Å². The number of rotatable bonds is 0. The van der Waals surface area contributed by atoms with Crippen LogP contribution >= 0.6 is 0 Å². The van der Waals surface area contributed by atoms with E-state index in [4.69, 9.17) is 1.37 Å². The third-order valence-corrected chi connectivity index (χ3v) is 1.90. The first-order valence-electron chi connectivity index (χ1n) is 4.07. The molecule has 0 saturated heterocycles. The number of allylic oxidation sites excluding steroid dienone is 2. The first-order valence-corrected chi connectivity index (χ1v) is 3.49. The van der Waals surface area contributed by atoms with Gasteiger partial charge in [0.2, 0.25) is 0 Å². The standard InChI is InChI=1S/C10H10/c1-8-6-7-9-4-2-3-5-10(8)9/h2-6H,7H2,1H3/i7D. The van der Waals surface area contributed by atoms with Crippen molar-refractivity contribution in [1.29, 1.82) is 0 Å². The second kappa shape index (κ2) is 1.98. The van der Waals surface area contributed by atoms with Crippen molar-refractivity contribution in [3.05, 3.63) is 41.5 Å². The van der Waals surface area contributed by atoms with Crippen LogP contribution in [0.3, 0.4) is 0 Å². The second-order valence-electron chi connectivity index (χ2n) is 2.60. The van der Waals surface area contributed by atoms with Crippen molar-refractivity contribution in [3.8, 4) is 0 Å². The highest BCUT2D eigenvalue weighted by molar-refractivity contribution is 5.71. The van der Waals surface area contributed by atoms with Crippen LogP contribution in [0.15, 0.2) is 30.3 Å². The van der Waals surface area contributed by atoms with Gasteiger partial charge in [-0.05, 0) is 30.0 Å². The van der Waals surface area contributed by atoms with Gasteiger partial charge in [0, 0.05) is 1.37 Å². The second-order valence-corrected chi connectivity index (χ2v) is 2.60. The maximum atomic E-state index is 7.67. The zero-order valence-corrected chi connectivity index (χ0v) is 5.96. The molecule has 1 aromatic carbocycles. The molecule has 1 atom stereocenters. The molecule has 0 aromatic heterocycles. The van der Waals surface area contributed by atoms with Crippen LogP contribution in [0.2, 0.25) is 0 Å². The smallest absolute Gasteiger partial charge is 0.0360 e. The Balaban J connectivity index is 2.62. The molecule has 0 fully saturated rings. The van der Waals surface area contributed by atoms with E-state index in [-0.39, 0.29) is 6.40 Å². The summed E-state index contributed by atoms with van der Waals surface area (Å²) in [5.74, 6) is 0. The van der Waals surface area contributed by atoms with Crippen molar-refractivity contribution in [2.24, 2.45) is 0 Å². The summed E-state index contributed by atoms with van der Waals surface area (Å²) in [4.78, 5) is 0. The van der Waals surface area contributed by atoms with E-state index >= 15 is 0 Å². The quantitative estimate of drug-likeness (QED) is 0.507. The Hall–Kier alpha value is -1.04. The Morgan fingerprint density at radius 3 is 3.00 bits per heavy atom. The lowest BCUT2D eigenvalue weighted by Crippen LogP contribution is -1.79. The van der Waals surface area contributed by atoms with Crippen molar-refractivity contribution in [3.63, 3.8) is 0 Å². The average Bonchev–Trinajstić information content (AvgIpc) is 2.30. The summed E-state index contributed by atoms with van der Waals surface area (Å²) in [6.45, 7) is 2.06. The molecule has 50 valence electrons. The van der Waals surface area contributed by atoms with Crippen molar-refractivity contribution in [1.82, 2.24) is 0 Å². The van der Waals surface area contributed by atoms with Crippen LogP contribution in [0, 0.1) is 0 Å². The topological polar surface area (TPSA) is 0 Å². The number of hydrogen-bond donors (Lipinski definition) is 0. The molecule has 0 radical (unpaired) electrons. The van der Waals surface area contributed by atoms with Gasteiger partial charge < -0.3 is 0 Å². The van der Waals surface area contributed by atoms with Crippen molar-refractivity contribution in [2.45, 2.75) is 13.3 Å². The molecule has 0 spiro atoms. The molecule has 2 rings (SSSR count). The van der Waals surface area contributed by atoms with Gasteiger partial charge in [0.05, 0.1) is 0 Å². The van der Waals surface area contributed by atoms with E-state index in [1.807, 2.05) is 24.3 Å². The van der Waals surface area contributed by atoms with Crippen LogP contribution < -0.4 is 0 Å². The van der Waals surface area contributed by atoms with E-state index < -0.39 is 0 Å². The number of benzene rings is 1. The van der Waals surface area contributed by atoms with Gasteiger partial charge in [-0.25, -0.2) is 0 Å². The number of fused-ring (bicyclic) bond motifs is 1. The fourth-order valence-electron chi connectivity index (χ4n) is 1.31. The lowest BCUT2D eigenvalue weighted by atomic mass is 10.1. The van der Waals surface area contributed by atoms with Gasteiger partial charge >= 0.3 is 0 Å². The van der Waals surface area contributed by atoms with Gasteiger partial charge in [-0.15, -0.1) is 0 Å². The first-order chi connectivity index (χ1) is 5.29. The molecule has 1 aliphatic carbocycles. The molecule has 0 heterocycles. The molecule has 0 nitrogen and oxygen atoms in total. The van der Waals surface area contributed by atoms with Crippen LogP contribution in [0.4, 0.5) is 0 Å². The van der Waals surface area contributed by atoms with E-state index in [1.54, 1.807) is 0 Å². The van der Waals surface area contributed by atoms with Crippen molar-refractivity contribution >= 4 is 5.57 Å². The third kappa shape index (κ3) is 0.688. The van der Waals surface area contributed by atoms with E-state index in [1.165, 1.54) is 11.1 Å². The Morgan fingerprint density at radius 2 is 2.20 bits per heavy atom. The molecule has 0 N–H and O–H groups in total. The SMILES string of the molecule is [2H]C1C=C(C)c2ccccc21. The maximum Gasteiger partial charge on any atom is 0.0360 e. The molecule has 0 bridgehead atoms. The highest BCUT2D eigenvalue weighted by Gasteiger charge is 2.07. The van der Waals surface area contributed by atoms with Gasteiger partial charge in [-0.1, -0.05) is 30.3 Å². The maximum absolute atomic E-state index is 7.67. The average molecular weight is 131 g/mol. The summed E-state index contributed by atoms with van der Waals surface area (Å²) in [6.07, 6.45) is 1.86. The molecule has 1 unspecified atom stereocenters. The highest BCUT2D eigenvalue weighted by atomic mass is 14.1. The Bertz CT molecular complexity index is 312. The van der Waals surface area contributed by atoms with Crippen LogP contribution in [0.25, 0.3) is 5.57 Å². The molecule has 10 heavy (non-hydrogen) atoms. The third-order valence-electron chi connectivity index (χ3n) is 1.90. The molecular formula is C10H10. The predicted octanol–water partition coefficient (Wildman–Crippen LogP) is 2.65. The summed E-state index contributed by atoms with van der Waals surface area (Å²) in [6, 6.07) is 8.12. The van der Waals surface area contributed by atoms with Crippen molar-refractivity contribution < 1.29 is 1.37 Å². The van der Waals surface area contributed by atoms with Crippen LogP contribution in [0.5, 0.6) is 0 Å². The summed E-state index contributed by atoms with van der Waals surface area (Å²) in [5, 5.41) is 0. The molecule has 0 saturated carbocycles. The van der Waals surface area contributed by atoms with Crippen LogP contribution in [-0.2, 0) is 6.40 Å². The monoisotopic (exact) mass is 131 g/mol. The minimum Gasteiger partial charge on any atom is -0.0766 e. The molecule has 1 aliphatic rings. The minimum atomic E-state index is -0.133. The summed E-state index contributed by atoms with van der Waals surface area (Å²) >= 11 is 0. The molecular weight excluding hydrogens is 120 g/mol. The Labute approximate surface area is 62.6 Å². The summed E-state index contributed by atoms with van der Waals surface area (Å²) < 4.78 is 7.67. The first kappa shape index (κ1) is 4.73. The lowest BCUT2D eigenvalue weighted by Gasteiger charge is -1.97. The Morgan fingerprint density at radius 1 is 1.40 bits per heavy atom. The van der Waals surface area contributed by atoms with Gasteiger partial charge in [-0.2, -0.15) is 0 Å². The highest BCUT2D eigenvalue weighted by Crippen LogP contribution is 2.25. The fraction of sp³-hybridized carbons (Fsp3) is 0.200. The molecule has 1 aromatic rings. The lowest BCUT2D eigenvalue weighted by molar-refractivity contribution is 1.31. The van der Waals surface area contributed by atoms with Crippen LogP contribution in [0.1, 0.15) is 19.4 Å².